The fraction of sp³-hybridized carbons (Fsp3) is 0.133. The van der Waals surface area contributed by atoms with Gasteiger partial charge in [-0.1, -0.05) is 36.7 Å². The van der Waals surface area contributed by atoms with Gasteiger partial charge >= 0.3 is 6.03 Å². The summed E-state index contributed by atoms with van der Waals surface area (Å²) >= 11 is 5.79. The third-order valence-corrected chi connectivity index (χ3v) is 3.00. The lowest BCUT2D eigenvalue weighted by molar-refractivity contribution is 0.262. The minimum Gasteiger partial charge on any atom is -0.308 e. The third-order valence-electron chi connectivity index (χ3n) is 2.75. The molecule has 2 amide bonds. The van der Waals surface area contributed by atoms with Crippen molar-refractivity contribution in [2.24, 2.45) is 0 Å². The number of rotatable bonds is 3. The minimum atomic E-state index is -0.261. The minimum absolute atomic E-state index is 0.261. The topological polar surface area (TPSA) is 41.1 Å². The normalized spacial score (nSPS) is 10.0. The maximum Gasteiger partial charge on any atom is 0.323 e. The smallest absolute Gasteiger partial charge is 0.308 e. The second kappa shape index (κ2) is 6.25. The first-order valence-electron chi connectivity index (χ1n) is 6.10. The highest BCUT2D eigenvalue weighted by molar-refractivity contribution is 6.30. The summed E-state index contributed by atoms with van der Waals surface area (Å²) in [5, 5.41) is 6.24. The summed E-state index contributed by atoms with van der Waals surface area (Å²) < 4.78 is 0. The van der Waals surface area contributed by atoms with Crippen LogP contribution in [0, 0.1) is 0 Å². The van der Waals surface area contributed by atoms with Crippen molar-refractivity contribution in [1.29, 1.82) is 0 Å². The van der Waals surface area contributed by atoms with Crippen molar-refractivity contribution in [2.75, 3.05) is 10.6 Å². The number of hydrogen-bond acceptors (Lipinski definition) is 1. The van der Waals surface area contributed by atoms with Gasteiger partial charge in [0.25, 0.3) is 0 Å². The zero-order valence-electron chi connectivity index (χ0n) is 10.6. The second-order valence-corrected chi connectivity index (χ2v) is 4.53. The molecule has 0 saturated heterocycles. The lowest BCUT2D eigenvalue weighted by Gasteiger charge is -2.10. The number of carbonyl (C=O) groups excluding carboxylic acids is 1. The molecule has 0 aliphatic rings. The SMILES string of the molecule is CCc1ccccc1NC(=O)Nc1ccc(Cl)cc1. The van der Waals surface area contributed by atoms with Gasteiger partial charge in [-0.05, 0) is 42.3 Å². The molecule has 3 nitrogen and oxygen atoms in total. The number of nitrogens with one attached hydrogen (secondary N) is 2. The van der Waals surface area contributed by atoms with E-state index in [9.17, 15) is 4.79 Å². The third kappa shape index (κ3) is 3.73. The summed E-state index contributed by atoms with van der Waals surface area (Å²) in [4.78, 5) is 11.9. The Kier molecular flexibility index (Phi) is 4.42. The Labute approximate surface area is 117 Å². The fourth-order valence-electron chi connectivity index (χ4n) is 1.77. The molecule has 4 heteroatoms. The van der Waals surface area contributed by atoms with Gasteiger partial charge in [0.2, 0.25) is 0 Å². The van der Waals surface area contributed by atoms with Crippen molar-refractivity contribution in [3.8, 4) is 0 Å². The van der Waals surface area contributed by atoms with Crippen LogP contribution in [0.25, 0.3) is 0 Å². The van der Waals surface area contributed by atoms with Crippen LogP contribution in [0.15, 0.2) is 48.5 Å². The van der Waals surface area contributed by atoms with Crippen LogP contribution in [0.5, 0.6) is 0 Å². The Bertz CT molecular complexity index is 567. The number of carbonyl (C=O) groups is 1. The molecule has 0 heterocycles. The first-order valence-corrected chi connectivity index (χ1v) is 6.48. The molecule has 0 aliphatic heterocycles. The Balaban J connectivity index is 2.03. The molecule has 0 aromatic heterocycles. The van der Waals surface area contributed by atoms with Gasteiger partial charge in [0, 0.05) is 16.4 Å². The Hall–Kier alpha value is -2.00. The Morgan fingerprint density at radius 1 is 1.05 bits per heavy atom. The molecule has 2 aromatic rings. The van der Waals surface area contributed by atoms with E-state index < -0.39 is 0 Å². The van der Waals surface area contributed by atoms with Gasteiger partial charge in [0.1, 0.15) is 0 Å². The van der Waals surface area contributed by atoms with E-state index in [-0.39, 0.29) is 6.03 Å². The van der Waals surface area contributed by atoms with Gasteiger partial charge in [-0.2, -0.15) is 0 Å². The molecule has 0 saturated carbocycles. The van der Waals surface area contributed by atoms with Crippen LogP contribution in [0.1, 0.15) is 12.5 Å². The first kappa shape index (κ1) is 13.4. The van der Waals surface area contributed by atoms with Crippen LogP contribution < -0.4 is 10.6 Å². The van der Waals surface area contributed by atoms with Crippen LogP contribution in [0.4, 0.5) is 16.2 Å². The van der Waals surface area contributed by atoms with E-state index in [0.29, 0.717) is 10.7 Å². The van der Waals surface area contributed by atoms with E-state index in [0.717, 1.165) is 17.7 Å². The van der Waals surface area contributed by atoms with Gasteiger partial charge in [-0.15, -0.1) is 0 Å². The number of hydrogen-bond donors (Lipinski definition) is 2. The van der Waals surface area contributed by atoms with E-state index in [1.165, 1.54) is 0 Å². The van der Waals surface area contributed by atoms with Crippen LogP contribution in [-0.2, 0) is 6.42 Å². The largest absolute Gasteiger partial charge is 0.323 e. The molecule has 2 rings (SSSR count). The maximum absolute atomic E-state index is 11.9. The molecule has 2 N–H and O–H groups in total. The number of aryl methyl sites for hydroxylation is 1. The Morgan fingerprint density at radius 2 is 1.74 bits per heavy atom. The molecule has 0 bridgehead atoms. The second-order valence-electron chi connectivity index (χ2n) is 4.10. The van der Waals surface area contributed by atoms with Crippen molar-refractivity contribution in [3.05, 3.63) is 59.1 Å². The molecule has 98 valence electrons. The first-order chi connectivity index (χ1) is 9.19. The number of urea groups is 1. The van der Waals surface area contributed by atoms with Gasteiger partial charge in [-0.25, -0.2) is 4.79 Å². The summed E-state index contributed by atoms with van der Waals surface area (Å²) in [6, 6.07) is 14.5. The number of para-hydroxylation sites is 1. The summed E-state index contributed by atoms with van der Waals surface area (Å²) in [5.74, 6) is 0. The van der Waals surface area contributed by atoms with Crippen molar-refractivity contribution >= 4 is 29.0 Å². The maximum atomic E-state index is 11.9. The van der Waals surface area contributed by atoms with Crippen molar-refractivity contribution in [1.82, 2.24) is 0 Å². The van der Waals surface area contributed by atoms with E-state index in [1.54, 1.807) is 24.3 Å². The fourth-order valence-corrected chi connectivity index (χ4v) is 1.89. The predicted molar refractivity (Wildman–Crippen MR) is 79.9 cm³/mol. The molecule has 0 aliphatic carbocycles. The lowest BCUT2D eigenvalue weighted by atomic mass is 10.1. The zero-order valence-corrected chi connectivity index (χ0v) is 11.4. The van der Waals surface area contributed by atoms with E-state index >= 15 is 0 Å². The highest BCUT2D eigenvalue weighted by atomic mass is 35.5. The number of benzene rings is 2. The number of amides is 2. The van der Waals surface area contributed by atoms with Crippen LogP contribution in [0.2, 0.25) is 5.02 Å². The monoisotopic (exact) mass is 274 g/mol. The van der Waals surface area contributed by atoms with Crippen molar-refractivity contribution < 1.29 is 4.79 Å². The molecule has 0 atom stereocenters. The van der Waals surface area contributed by atoms with E-state index in [4.69, 9.17) is 11.6 Å². The molecular formula is C15H15ClN2O. The quantitative estimate of drug-likeness (QED) is 0.847. The average molecular weight is 275 g/mol. The van der Waals surface area contributed by atoms with Gasteiger partial charge in [0.05, 0.1) is 0 Å². The van der Waals surface area contributed by atoms with Gasteiger partial charge in [0.15, 0.2) is 0 Å². The van der Waals surface area contributed by atoms with Crippen molar-refractivity contribution in [2.45, 2.75) is 13.3 Å². The molecule has 0 unspecified atom stereocenters. The highest BCUT2D eigenvalue weighted by Crippen LogP contribution is 2.17. The number of halogens is 1. The van der Waals surface area contributed by atoms with Crippen LogP contribution in [0.3, 0.4) is 0 Å². The molecule has 0 fully saturated rings. The average Bonchev–Trinajstić information content (AvgIpc) is 2.42. The summed E-state index contributed by atoms with van der Waals surface area (Å²) in [6.07, 6.45) is 0.872. The Morgan fingerprint density at radius 3 is 2.42 bits per heavy atom. The number of anilines is 2. The van der Waals surface area contributed by atoms with Crippen LogP contribution >= 0.6 is 11.6 Å². The van der Waals surface area contributed by atoms with Gasteiger partial charge in [-0.3, -0.25) is 0 Å². The molecular weight excluding hydrogens is 260 g/mol. The van der Waals surface area contributed by atoms with Crippen LogP contribution in [-0.4, -0.2) is 6.03 Å². The van der Waals surface area contributed by atoms with Gasteiger partial charge < -0.3 is 10.6 Å². The molecule has 2 aromatic carbocycles. The molecule has 0 radical (unpaired) electrons. The molecule has 0 spiro atoms. The summed E-state index contributed by atoms with van der Waals surface area (Å²) in [7, 11) is 0. The summed E-state index contributed by atoms with van der Waals surface area (Å²) in [5.41, 5.74) is 2.64. The summed E-state index contributed by atoms with van der Waals surface area (Å²) in [6.45, 7) is 2.05. The standard InChI is InChI=1S/C15H15ClN2O/c1-2-11-5-3-4-6-14(11)18-15(19)17-13-9-7-12(16)8-10-13/h3-10H,2H2,1H3,(H2,17,18,19). The van der Waals surface area contributed by atoms with E-state index in [1.807, 2.05) is 24.3 Å². The highest BCUT2D eigenvalue weighted by Gasteiger charge is 2.05. The lowest BCUT2D eigenvalue weighted by Crippen LogP contribution is -2.20. The van der Waals surface area contributed by atoms with Crippen molar-refractivity contribution in [3.63, 3.8) is 0 Å². The van der Waals surface area contributed by atoms with E-state index in [2.05, 4.69) is 17.6 Å². The predicted octanol–water partition coefficient (Wildman–Crippen LogP) is 4.55. The zero-order chi connectivity index (χ0) is 13.7. The molecule has 19 heavy (non-hydrogen) atoms.